The van der Waals surface area contributed by atoms with Gasteiger partial charge in [-0.3, -0.25) is 24.7 Å². The molecule has 0 saturated carbocycles. The van der Waals surface area contributed by atoms with E-state index >= 15 is 0 Å². The Hall–Kier alpha value is -6.68. The van der Waals surface area contributed by atoms with Crippen molar-refractivity contribution in [3.63, 3.8) is 0 Å². The highest BCUT2D eigenvalue weighted by atomic mass is 16.5. The monoisotopic (exact) mass is 850 g/mol. The van der Waals surface area contributed by atoms with Crippen molar-refractivity contribution in [2.24, 2.45) is 5.92 Å². The lowest BCUT2D eigenvalue weighted by Crippen LogP contribution is -2.49. The molecule has 0 aliphatic carbocycles. The van der Waals surface area contributed by atoms with E-state index in [2.05, 4.69) is 86.8 Å². The Morgan fingerprint density at radius 2 is 1.62 bits per heavy atom. The molecule has 3 aliphatic heterocycles. The van der Waals surface area contributed by atoms with Gasteiger partial charge in [0.05, 0.1) is 11.7 Å². The summed E-state index contributed by atoms with van der Waals surface area (Å²) in [5.41, 5.74) is 8.05. The number of hydrogen-bond donors (Lipinski definition) is 3. The Bertz CT molecular complexity index is 2620. The van der Waals surface area contributed by atoms with Gasteiger partial charge >= 0.3 is 17.8 Å². The van der Waals surface area contributed by atoms with E-state index in [1.807, 2.05) is 65.1 Å². The number of carbonyl (C=O) groups is 3. The molecule has 1 atom stereocenters. The van der Waals surface area contributed by atoms with Gasteiger partial charge in [0.2, 0.25) is 5.91 Å². The SMILES string of the molecule is Cc1cc(-c2ncnc3[nH]c(-c4ccc(N5CCC(CN6CCN(c7ccc(N8CCC(=O)NC8=O)cc7)CC6)CC5)nc4)cc23)ccc1[C@@H](C)NC(=O)c1nc(C(C)(C)C)no1. The Balaban J connectivity index is 0.768. The Labute approximate surface area is 366 Å². The molecular formula is C47H54N12O4. The number of H-pyrrole nitrogens is 1. The maximum absolute atomic E-state index is 12.9. The number of amides is 4. The van der Waals surface area contributed by atoms with Gasteiger partial charge in [-0.05, 0) is 92.3 Å². The molecule has 326 valence electrons. The molecule has 7 heterocycles. The minimum atomic E-state index is -0.411. The number of fused-ring (bicyclic) bond motifs is 1. The molecule has 6 aromatic rings. The van der Waals surface area contributed by atoms with Crippen LogP contribution >= 0.6 is 0 Å². The summed E-state index contributed by atoms with van der Waals surface area (Å²) in [6.07, 6.45) is 6.11. The van der Waals surface area contributed by atoms with Gasteiger partial charge in [-0.25, -0.2) is 19.7 Å². The predicted octanol–water partition coefficient (Wildman–Crippen LogP) is 6.65. The number of piperidine rings is 1. The van der Waals surface area contributed by atoms with Gasteiger partial charge in [0.15, 0.2) is 5.82 Å². The number of urea groups is 1. The fraction of sp³-hybridized carbons (Fsp3) is 0.404. The van der Waals surface area contributed by atoms with Gasteiger partial charge in [0, 0.05) is 104 Å². The molecule has 3 N–H and O–H groups in total. The number of pyridine rings is 1. The van der Waals surface area contributed by atoms with Gasteiger partial charge in [-0.15, -0.1) is 0 Å². The zero-order valence-electron chi connectivity index (χ0n) is 36.5. The molecule has 16 nitrogen and oxygen atoms in total. The van der Waals surface area contributed by atoms with Crippen molar-refractivity contribution >= 4 is 46.1 Å². The Morgan fingerprint density at radius 1 is 0.873 bits per heavy atom. The zero-order valence-corrected chi connectivity index (χ0v) is 36.5. The molecule has 0 spiro atoms. The van der Waals surface area contributed by atoms with Crippen LogP contribution in [0, 0.1) is 12.8 Å². The van der Waals surface area contributed by atoms with Crippen molar-refractivity contribution in [1.29, 1.82) is 0 Å². The highest BCUT2D eigenvalue weighted by Crippen LogP contribution is 2.33. The first-order valence-electron chi connectivity index (χ1n) is 21.9. The molecule has 0 radical (unpaired) electrons. The molecule has 0 bridgehead atoms. The standard InChI is InChI=1S/C47H54N12O4/c1-29-24-32(6-12-36(29)30(2)51-43(61)44-54-45(55-63-44)47(3,4)5)41-37-25-38(52-42(37)50-28-49-41)33-7-13-39(48-26-33)58-17-14-31(15-18-58)27-56-20-22-57(23-21-56)34-8-10-35(11-9-34)59-19-16-40(60)53-46(59)62/h6-13,24-26,28,30-31H,14-23,27H2,1-5H3,(H,51,61)(H,49,50,52)(H,53,60,62)/t30-/m1/s1. The van der Waals surface area contributed by atoms with Crippen molar-refractivity contribution in [3.8, 4) is 22.5 Å². The number of nitrogens with one attached hydrogen (secondary N) is 3. The van der Waals surface area contributed by atoms with E-state index in [0.717, 1.165) is 121 Å². The lowest BCUT2D eigenvalue weighted by atomic mass is 9.96. The first-order chi connectivity index (χ1) is 30.4. The topological polar surface area (TPSA) is 182 Å². The summed E-state index contributed by atoms with van der Waals surface area (Å²) in [4.78, 5) is 67.7. The van der Waals surface area contributed by atoms with Crippen molar-refractivity contribution in [3.05, 3.63) is 96.0 Å². The molecule has 3 aliphatic rings. The van der Waals surface area contributed by atoms with Crippen LogP contribution in [0.4, 0.5) is 22.0 Å². The summed E-state index contributed by atoms with van der Waals surface area (Å²) in [5, 5.41) is 10.3. The third-order valence-corrected chi connectivity index (χ3v) is 12.5. The summed E-state index contributed by atoms with van der Waals surface area (Å²) in [6.45, 7) is 17.3. The van der Waals surface area contributed by atoms with Crippen LogP contribution < -0.4 is 25.3 Å². The van der Waals surface area contributed by atoms with Gasteiger partial charge in [-0.2, -0.15) is 4.98 Å². The molecule has 63 heavy (non-hydrogen) atoms. The minimum absolute atomic E-state index is 0.0496. The van der Waals surface area contributed by atoms with Crippen LogP contribution in [0.2, 0.25) is 0 Å². The molecule has 3 fully saturated rings. The summed E-state index contributed by atoms with van der Waals surface area (Å²) in [6, 6.07) is 19.9. The number of nitrogens with zero attached hydrogens (tertiary/aromatic N) is 9. The quantitative estimate of drug-likeness (QED) is 0.134. The lowest BCUT2D eigenvalue weighted by Gasteiger charge is -2.40. The van der Waals surface area contributed by atoms with Crippen LogP contribution in [-0.4, -0.2) is 105 Å². The second-order valence-corrected chi connectivity index (χ2v) is 18.0. The van der Waals surface area contributed by atoms with E-state index in [-0.39, 0.29) is 29.3 Å². The Kier molecular flexibility index (Phi) is 11.4. The van der Waals surface area contributed by atoms with Gasteiger partial charge in [0.25, 0.3) is 0 Å². The van der Waals surface area contributed by atoms with Gasteiger partial charge in [-0.1, -0.05) is 38.1 Å². The van der Waals surface area contributed by atoms with Crippen LogP contribution in [-0.2, 0) is 10.2 Å². The van der Waals surface area contributed by atoms with Gasteiger partial charge < -0.3 is 24.6 Å². The number of carbonyl (C=O) groups excluding carboxylic acids is 3. The second-order valence-electron chi connectivity index (χ2n) is 18.0. The normalized spacial score (nSPS) is 17.3. The maximum Gasteiger partial charge on any atom is 0.328 e. The number of hydrogen-bond acceptors (Lipinski definition) is 12. The van der Waals surface area contributed by atoms with Crippen LogP contribution in [0.15, 0.2) is 77.7 Å². The second kappa shape index (κ2) is 17.2. The van der Waals surface area contributed by atoms with Crippen molar-refractivity contribution < 1.29 is 18.9 Å². The average molecular weight is 851 g/mol. The van der Waals surface area contributed by atoms with Crippen molar-refractivity contribution in [2.45, 2.75) is 65.3 Å². The fourth-order valence-corrected chi connectivity index (χ4v) is 8.88. The Morgan fingerprint density at radius 3 is 2.30 bits per heavy atom. The first kappa shape index (κ1) is 41.7. The molecule has 0 unspecified atom stereocenters. The number of benzene rings is 2. The highest BCUT2D eigenvalue weighted by Gasteiger charge is 2.28. The van der Waals surface area contributed by atoms with E-state index in [0.29, 0.717) is 24.7 Å². The van der Waals surface area contributed by atoms with Gasteiger partial charge in [0.1, 0.15) is 17.8 Å². The summed E-state index contributed by atoms with van der Waals surface area (Å²) < 4.78 is 5.25. The van der Waals surface area contributed by atoms with E-state index in [9.17, 15) is 14.4 Å². The predicted molar refractivity (Wildman–Crippen MR) is 242 cm³/mol. The van der Waals surface area contributed by atoms with Crippen molar-refractivity contribution in [1.82, 2.24) is 45.6 Å². The van der Waals surface area contributed by atoms with Crippen LogP contribution in [0.3, 0.4) is 0 Å². The summed E-state index contributed by atoms with van der Waals surface area (Å²) in [5.74, 6) is 1.46. The van der Waals surface area contributed by atoms with Crippen LogP contribution in [0.25, 0.3) is 33.5 Å². The summed E-state index contributed by atoms with van der Waals surface area (Å²) >= 11 is 0. The maximum atomic E-state index is 12.9. The zero-order chi connectivity index (χ0) is 43.8. The molecule has 4 amide bonds. The van der Waals surface area contributed by atoms with E-state index < -0.39 is 5.91 Å². The number of rotatable bonds is 10. The van der Waals surface area contributed by atoms with E-state index in [1.165, 1.54) is 0 Å². The number of anilines is 3. The molecule has 4 aromatic heterocycles. The largest absolute Gasteiger partial charge is 0.369 e. The lowest BCUT2D eigenvalue weighted by molar-refractivity contribution is -0.120. The molecular weight excluding hydrogens is 797 g/mol. The molecule has 3 saturated heterocycles. The molecule has 9 rings (SSSR count). The smallest absolute Gasteiger partial charge is 0.328 e. The number of imide groups is 1. The van der Waals surface area contributed by atoms with E-state index in [1.54, 1.807) is 11.2 Å². The van der Waals surface area contributed by atoms with Crippen LogP contribution in [0.5, 0.6) is 0 Å². The number of piperazine rings is 1. The number of aromatic nitrogens is 6. The minimum Gasteiger partial charge on any atom is -0.369 e. The van der Waals surface area contributed by atoms with E-state index in [4.69, 9.17) is 9.51 Å². The third kappa shape index (κ3) is 8.98. The molecule has 2 aromatic carbocycles. The average Bonchev–Trinajstić information content (AvgIpc) is 3.97. The van der Waals surface area contributed by atoms with Crippen molar-refractivity contribution in [2.75, 3.05) is 67.1 Å². The summed E-state index contributed by atoms with van der Waals surface area (Å²) in [7, 11) is 0. The first-order valence-corrected chi connectivity index (χ1v) is 21.9. The highest BCUT2D eigenvalue weighted by molar-refractivity contribution is 6.05. The number of aryl methyl sites for hydroxylation is 1. The molecule has 16 heteroatoms. The fourth-order valence-electron chi connectivity index (χ4n) is 8.88. The number of aromatic amines is 1. The van der Waals surface area contributed by atoms with Crippen LogP contribution in [0.1, 0.15) is 80.6 Å². The third-order valence-electron chi connectivity index (χ3n) is 12.5.